The second-order valence-electron chi connectivity index (χ2n) is 2.62. The molecule has 0 aliphatic heterocycles. The molecular weight excluding hydrogens is 207 g/mol. The molecule has 60 valence electrons. The van der Waals surface area contributed by atoms with E-state index in [1.54, 1.807) is 6.07 Å². The highest BCUT2D eigenvalue weighted by molar-refractivity contribution is 9.09. The predicted molar refractivity (Wildman–Crippen MR) is 48.5 cm³/mol. The van der Waals surface area contributed by atoms with E-state index in [2.05, 4.69) is 15.9 Å². The molecule has 1 rings (SSSR count). The summed E-state index contributed by atoms with van der Waals surface area (Å²) in [5.74, 6) is -0.167. The second kappa shape index (κ2) is 3.35. The maximum atomic E-state index is 12.6. The molecule has 0 heterocycles. The van der Waals surface area contributed by atoms with E-state index in [0.29, 0.717) is 4.83 Å². The molecule has 1 aromatic carbocycles. The third-order valence-corrected chi connectivity index (χ3v) is 2.15. The number of rotatable bonds is 1. The van der Waals surface area contributed by atoms with Crippen LogP contribution in [0.1, 0.15) is 22.9 Å². The molecular formula is C9H10BrF. The SMILES string of the molecule is Cc1cc(F)ccc1C(C)Br. The molecule has 0 radical (unpaired) electrons. The van der Waals surface area contributed by atoms with Gasteiger partial charge in [0.15, 0.2) is 0 Å². The average molecular weight is 217 g/mol. The van der Waals surface area contributed by atoms with Crippen molar-refractivity contribution < 1.29 is 4.39 Å². The minimum atomic E-state index is -0.167. The third kappa shape index (κ3) is 2.03. The summed E-state index contributed by atoms with van der Waals surface area (Å²) in [4.78, 5) is 0.295. The molecule has 0 bridgehead atoms. The molecule has 2 heteroatoms. The normalized spacial score (nSPS) is 13.1. The van der Waals surface area contributed by atoms with Crippen molar-refractivity contribution in [2.24, 2.45) is 0 Å². The Kier molecular flexibility index (Phi) is 2.66. The van der Waals surface area contributed by atoms with Crippen LogP contribution in [0.4, 0.5) is 4.39 Å². The van der Waals surface area contributed by atoms with Crippen LogP contribution in [-0.2, 0) is 0 Å². The average Bonchev–Trinajstić information content (AvgIpc) is 1.85. The smallest absolute Gasteiger partial charge is 0.123 e. The fourth-order valence-electron chi connectivity index (χ4n) is 1.09. The molecule has 0 fully saturated rings. The highest BCUT2D eigenvalue weighted by Crippen LogP contribution is 2.24. The highest BCUT2D eigenvalue weighted by Gasteiger charge is 2.04. The van der Waals surface area contributed by atoms with Crippen molar-refractivity contribution >= 4 is 15.9 Å². The number of halogens is 2. The van der Waals surface area contributed by atoms with Crippen LogP contribution in [0.3, 0.4) is 0 Å². The third-order valence-electron chi connectivity index (χ3n) is 1.66. The summed E-state index contributed by atoms with van der Waals surface area (Å²) in [6.07, 6.45) is 0. The van der Waals surface area contributed by atoms with Crippen molar-refractivity contribution in [3.63, 3.8) is 0 Å². The molecule has 0 aliphatic carbocycles. The fourth-order valence-corrected chi connectivity index (χ4v) is 1.60. The lowest BCUT2D eigenvalue weighted by Gasteiger charge is -2.06. The lowest BCUT2D eigenvalue weighted by Crippen LogP contribution is -1.89. The van der Waals surface area contributed by atoms with Gasteiger partial charge < -0.3 is 0 Å². The molecule has 1 atom stereocenters. The van der Waals surface area contributed by atoms with Gasteiger partial charge in [-0.15, -0.1) is 0 Å². The van der Waals surface area contributed by atoms with Crippen LogP contribution in [0, 0.1) is 12.7 Å². The second-order valence-corrected chi connectivity index (χ2v) is 3.99. The summed E-state index contributed by atoms with van der Waals surface area (Å²) in [7, 11) is 0. The lowest BCUT2D eigenvalue weighted by atomic mass is 10.1. The van der Waals surface area contributed by atoms with Gasteiger partial charge in [-0.25, -0.2) is 4.39 Å². The van der Waals surface area contributed by atoms with Gasteiger partial charge in [0.2, 0.25) is 0 Å². The van der Waals surface area contributed by atoms with Gasteiger partial charge in [0, 0.05) is 4.83 Å². The monoisotopic (exact) mass is 216 g/mol. The summed E-state index contributed by atoms with van der Waals surface area (Å²) in [6, 6.07) is 4.84. The molecule has 1 unspecified atom stereocenters. The van der Waals surface area contributed by atoms with E-state index in [9.17, 15) is 4.39 Å². The molecule has 0 saturated carbocycles. The maximum Gasteiger partial charge on any atom is 0.123 e. The molecule has 11 heavy (non-hydrogen) atoms. The van der Waals surface area contributed by atoms with Gasteiger partial charge in [-0.2, -0.15) is 0 Å². The van der Waals surface area contributed by atoms with Crippen LogP contribution >= 0.6 is 15.9 Å². The van der Waals surface area contributed by atoms with E-state index in [0.717, 1.165) is 11.1 Å². The standard InChI is InChI=1S/C9H10BrF/c1-6-5-8(11)3-4-9(6)7(2)10/h3-5,7H,1-2H3. The van der Waals surface area contributed by atoms with E-state index in [-0.39, 0.29) is 5.82 Å². The topological polar surface area (TPSA) is 0 Å². The van der Waals surface area contributed by atoms with Crippen LogP contribution in [0.2, 0.25) is 0 Å². The van der Waals surface area contributed by atoms with Crippen molar-refractivity contribution in [2.45, 2.75) is 18.7 Å². The number of alkyl halides is 1. The van der Waals surface area contributed by atoms with Gasteiger partial charge >= 0.3 is 0 Å². The quantitative estimate of drug-likeness (QED) is 0.630. The van der Waals surface area contributed by atoms with Crippen molar-refractivity contribution in [1.82, 2.24) is 0 Å². The van der Waals surface area contributed by atoms with Gasteiger partial charge in [-0.1, -0.05) is 22.0 Å². The molecule has 0 aliphatic rings. The van der Waals surface area contributed by atoms with Crippen LogP contribution in [0.5, 0.6) is 0 Å². The number of benzene rings is 1. The number of aryl methyl sites for hydroxylation is 1. The Morgan fingerprint density at radius 2 is 2.09 bits per heavy atom. The van der Waals surface area contributed by atoms with Gasteiger partial charge in [-0.3, -0.25) is 0 Å². The van der Waals surface area contributed by atoms with Crippen molar-refractivity contribution in [1.29, 1.82) is 0 Å². The Morgan fingerprint density at radius 3 is 2.55 bits per heavy atom. The molecule has 0 spiro atoms. The Labute approximate surface area is 74.6 Å². The lowest BCUT2D eigenvalue weighted by molar-refractivity contribution is 0.625. The first kappa shape index (κ1) is 8.72. The van der Waals surface area contributed by atoms with E-state index in [1.165, 1.54) is 6.07 Å². The van der Waals surface area contributed by atoms with Gasteiger partial charge in [-0.05, 0) is 37.1 Å². The van der Waals surface area contributed by atoms with Crippen LogP contribution < -0.4 is 0 Å². The first-order valence-corrected chi connectivity index (χ1v) is 4.43. The van der Waals surface area contributed by atoms with Crippen molar-refractivity contribution in [3.05, 3.63) is 35.1 Å². The van der Waals surface area contributed by atoms with Crippen molar-refractivity contribution in [3.8, 4) is 0 Å². The van der Waals surface area contributed by atoms with Gasteiger partial charge in [0.1, 0.15) is 5.82 Å². The zero-order valence-electron chi connectivity index (χ0n) is 6.57. The summed E-state index contributed by atoms with van der Waals surface area (Å²) >= 11 is 3.44. The largest absolute Gasteiger partial charge is 0.207 e. The Bertz CT molecular complexity index is 256. The highest BCUT2D eigenvalue weighted by atomic mass is 79.9. The molecule has 0 aromatic heterocycles. The Hall–Kier alpha value is -0.370. The molecule has 0 nitrogen and oxygen atoms in total. The molecule has 0 amide bonds. The minimum Gasteiger partial charge on any atom is -0.207 e. The Balaban J connectivity index is 3.09. The molecule has 0 saturated heterocycles. The number of hydrogen-bond acceptors (Lipinski definition) is 0. The summed E-state index contributed by atoms with van der Waals surface area (Å²) in [5.41, 5.74) is 2.14. The Morgan fingerprint density at radius 1 is 1.45 bits per heavy atom. The predicted octanol–water partition coefficient (Wildman–Crippen LogP) is 3.59. The van der Waals surface area contributed by atoms with Gasteiger partial charge in [0.05, 0.1) is 0 Å². The van der Waals surface area contributed by atoms with Crippen LogP contribution in [0.15, 0.2) is 18.2 Å². The van der Waals surface area contributed by atoms with Crippen LogP contribution in [-0.4, -0.2) is 0 Å². The summed E-state index contributed by atoms with van der Waals surface area (Å²) in [5, 5.41) is 0. The zero-order valence-corrected chi connectivity index (χ0v) is 8.15. The van der Waals surface area contributed by atoms with Crippen LogP contribution in [0.25, 0.3) is 0 Å². The first-order chi connectivity index (χ1) is 5.11. The van der Waals surface area contributed by atoms with E-state index in [1.807, 2.05) is 19.9 Å². The first-order valence-electron chi connectivity index (χ1n) is 3.51. The summed E-state index contributed by atoms with van der Waals surface area (Å²) in [6.45, 7) is 3.94. The molecule has 0 N–H and O–H groups in total. The minimum absolute atomic E-state index is 0.167. The number of hydrogen-bond donors (Lipinski definition) is 0. The van der Waals surface area contributed by atoms with E-state index < -0.39 is 0 Å². The summed E-state index contributed by atoms with van der Waals surface area (Å²) < 4.78 is 12.6. The maximum absolute atomic E-state index is 12.6. The van der Waals surface area contributed by atoms with E-state index >= 15 is 0 Å². The van der Waals surface area contributed by atoms with E-state index in [4.69, 9.17) is 0 Å². The van der Waals surface area contributed by atoms with Crippen molar-refractivity contribution in [2.75, 3.05) is 0 Å². The van der Waals surface area contributed by atoms with Gasteiger partial charge in [0.25, 0.3) is 0 Å². The molecule has 1 aromatic rings. The zero-order chi connectivity index (χ0) is 8.43. The fraction of sp³-hybridized carbons (Fsp3) is 0.333.